The van der Waals surface area contributed by atoms with E-state index in [1.54, 1.807) is 33.5 Å². The van der Waals surface area contributed by atoms with Gasteiger partial charge in [0.1, 0.15) is 0 Å². The van der Waals surface area contributed by atoms with Gasteiger partial charge >= 0.3 is 0 Å². The number of hydrogen-bond donors (Lipinski definition) is 1. The molecule has 1 rings (SSSR count). The predicted molar refractivity (Wildman–Crippen MR) is 61.3 cm³/mol. The smallest absolute Gasteiger partial charge is 0.203 e. The minimum Gasteiger partial charge on any atom is -0.493 e. The van der Waals surface area contributed by atoms with Crippen LogP contribution in [0, 0.1) is 0 Å². The van der Waals surface area contributed by atoms with Gasteiger partial charge in [-0.15, -0.1) is 0 Å². The first-order valence-electron chi connectivity index (χ1n) is 5.16. The second-order valence-electron chi connectivity index (χ2n) is 3.35. The Kier molecular flexibility index (Phi) is 4.43. The fourth-order valence-corrected chi connectivity index (χ4v) is 1.61. The monoisotopic (exact) mass is 226 g/mol. The SMILES string of the molecule is CC[C@H](O)c1ccc(OC)c(OC)c1OC. The molecule has 1 N–H and O–H groups in total. The highest BCUT2D eigenvalue weighted by Gasteiger charge is 2.19. The van der Waals surface area contributed by atoms with Gasteiger partial charge in [0.05, 0.1) is 27.4 Å². The van der Waals surface area contributed by atoms with Crippen molar-refractivity contribution >= 4 is 0 Å². The molecule has 1 atom stereocenters. The highest BCUT2D eigenvalue weighted by Crippen LogP contribution is 2.42. The van der Waals surface area contributed by atoms with Gasteiger partial charge in [0.25, 0.3) is 0 Å². The summed E-state index contributed by atoms with van der Waals surface area (Å²) in [6.45, 7) is 1.90. The van der Waals surface area contributed by atoms with Gasteiger partial charge in [0.15, 0.2) is 11.5 Å². The van der Waals surface area contributed by atoms with E-state index in [9.17, 15) is 5.11 Å². The molecule has 0 aromatic heterocycles. The number of rotatable bonds is 5. The number of benzene rings is 1. The van der Waals surface area contributed by atoms with E-state index < -0.39 is 6.10 Å². The largest absolute Gasteiger partial charge is 0.493 e. The maximum absolute atomic E-state index is 9.85. The summed E-state index contributed by atoms with van der Waals surface area (Å²) in [6.07, 6.45) is 0.0565. The van der Waals surface area contributed by atoms with Gasteiger partial charge in [-0.2, -0.15) is 0 Å². The summed E-state index contributed by atoms with van der Waals surface area (Å²) < 4.78 is 15.7. The first-order valence-corrected chi connectivity index (χ1v) is 5.16. The summed E-state index contributed by atoms with van der Waals surface area (Å²) in [7, 11) is 4.65. The van der Waals surface area contributed by atoms with Crippen LogP contribution < -0.4 is 14.2 Å². The summed E-state index contributed by atoms with van der Waals surface area (Å²) in [5.41, 5.74) is 0.711. The molecule has 0 bridgehead atoms. The second kappa shape index (κ2) is 5.61. The molecular weight excluding hydrogens is 208 g/mol. The molecular formula is C12H18O4. The van der Waals surface area contributed by atoms with Crippen LogP contribution in [0.1, 0.15) is 25.0 Å². The van der Waals surface area contributed by atoms with Crippen molar-refractivity contribution in [3.8, 4) is 17.2 Å². The molecule has 1 aromatic rings. The molecule has 1 aromatic carbocycles. The van der Waals surface area contributed by atoms with Crippen molar-refractivity contribution in [1.29, 1.82) is 0 Å². The van der Waals surface area contributed by atoms with Crippen molar-refractivity contribution in [2.45, 2.75) is 19.4 Å². The van der Waals surface area contributed by atoms with Crippen molar-refractivity contribution in [1.82, 2.24) is 0 Å². The van der Waals surface area contributed by atoms with E-state index in [0.717, 1.165) is 0 Å². The van der Waals surface area contributed by atoms with E-state index in [0.29, 0.717) is 29.2 Å². The molecule has 0 aliphatic carbocycles. The molecule has 0 saturated carbocycles. The maximum atomic E-state index is 9.85. The molecule has 4 heteroatoms. The zero-order valence-corrected chi connectivity index (χ0v) is 10.1. The topological polar surface area (TPSA) is 47.9 Å². The molecule has 0 fully saturated rings. The summed E-state index contributed by atoms with van der Waals surface area (Å²) in [4.78, 5) is 0. The Labute approximate surface area is 95.8 Å². The molecule has 4 nitrogen and oxygen atoms in total. The van der Waals surface area contributed by atoms with Crippen LogP contribution in [0.5, 0.6) is 17.2 Å². The lowest BCUT2D eigenvalue weighted by atomic mass is 10.1. The molecule has 0 unspecified atom stereocenters. The fourth-order valence-electron chi connectivity index (χ4n) is 1.61. The fraction of sp³-hybridized carbons (Fsp3) is 0.500. The van der Waals surface area contributed by atoms with Crippen LogP contribution in [-0.2, 0) is 0 Å². The number of hydrogen-bond acceptors (Lipinski definition) is 4. The molecule has 90 valence electrons. The van der Waals surface area contributed by atoms with E-state index >= 15 is 0 Å². The summed E-state index contributed by atoms with van der Waals surface area (Å²) >= 11 is 0. The molecule has 0 aliphatic rings. The van der Waals surface area contributed by atoms with E-state index in [4.69, 9.17) is 14.2 Å². The van der Waals surface area contributed by atoms with E-state index in [2.05, 4.69) is 0 Å². The van der Waals surface area contributed by atoms with Gasteiger partial charge in [0.2, 0.25) is 5.75 Å². The third-order valence-electron chi connectivity index (χ3n) is 2.48. The third kappa shape index (κ3) is 2.22. The average Bonchev–Trinajstić information content (AvgIpc) is 2.35. The summed E-state index contributed by atoms with van der Waals surface area (Å²) in [6, 6.07) is 3.55. The maximum Gasteiger partial charge on any atom is 0.203 e. The standard InChI is InChI=1S/C12H18O4/c1-5-9(13)8-6-7-10(14-2)12(16-4)11(8)15-3/h6-7,9,13H,5H2,1-4H3/t9-/m0/s1. The van der Waals surface area contributed by atoms with Crippen LogP contribution in [0.4, 0.5) is 0 Å². The molecule has 0 radical (unpaired) electrons. The molecule has 0 saturated heterocycles. The van der Waals surface area contributed by atoms with Crippen molar-refractivity contribution in [3.63, 3.8) is 0 Å². The van der Waals surface area contributed by atoms with Gasteiger partial charge in [0, 0.05) is 5.56 Å². The molecule has 0 amide bonds. The Morgan fingerprint density at radius 2 is 1.69 bits per heavy atom. The number of ether oxygens (including phenoxy) is 3. The Morgan fingerprint density at radius 1 is 1.06 bits per heavy atom. The van der Waals surface area contributed by atoms with Crippen LogP contribution in [0.3, 0.4) is 0 Å². The first kappa shape index (κ1) is 12.6. The quantitative estimate of drug-likeness (QED) is 0.835. The van der Waals surface area contributed by atoms with Crippen molar-refractivity contribution < 1.29 is 19.3 Å². The van der Waals surface area contributed by atoms with Crippen LogP contribution in [0.2, 0.25) is 0 Å². The number of aliphatic hydroxyl groups excluding tert-OH is 1. The van der Waals surface area contributed by atoms with Crippen LogP contribution in [-0.4, -0.2) is 26.4 Å². The Hall–Kier alpha value is -1.42. The minimum atomic E-state index is -0.560. The minimum absolute atomic E-state index is 0.509. The number of methoxy groups -OCH3 is 3. The molecule has 0 aliphatic heterocycles. The van der Waals surface area contributed by atoms with Crippen LogP contribution in [0.15, 0.2) is 12.1 Å². The Balaban J connectivity index is 3.31. The van der Waals surface area contributed by atoms with Crippen molar-refractivity contribution in [3.05, 3.63) is 17.7 Å². The zero-order chi connectivity index (χ0) is 12.1. The van der Waals surface area contributed by atoms with E-state index in [1.165, 1.54) is 0 Å². The van der Waals surface area contributed by atoms with Crippen LogP contribution >= 0.6 is 0 Å². The highest BCUT2D eigenvalue weighted by atomic mass is 16.5. The van der Waals surface area contributed by atoms with Crippen LogP contribution in [0.25, 0.3) is 0 Å². The normalized spacial score (nSPS) is 12.1. The van der Waals surface area contributed by atoms with Crippen molar-refractivity contribution in [2.24, 2.45) is 0 Å². The van der Waals surface area contributed by atoms with Gasteiger partial charge in [-0.3, -0.25) is 0 Å². The predicted octanol–water partition coefficient (Wildman–Crippen LogP) is 2.16. The first-order chi connectivity index (χ1) is 7.69. The lowest BCUT2D eigenvalue weighted by molar-refractivity contribution is 0.168. The van der Waals surface area contributed by atoms with Gasteiger partial charge in [-0.25, -0.2) is 0 Å². The lowest BCUT2D eigenvalue weighted by Crippen LogP contribution is -2.02. The van der Waals surface area contributed by atoms with Gasteiger partial charge < -0.3 is 19.3 Å². The second-order valence-corrected chi connectivity index (χ2v) is 3.35. The van der Waals surface area contributed by atoms with E-state index in [1.807, 2.05) is 6.92 Å². The summed E-state index contributed by atoms with van der Waals surface area (Å²) in [5.74, 6) is 1.62. The molecule has 16 heavy (non-hydrogen) atoms. The Morgan fingerprint density at radius 3 is 2.12 bits per heavy atom. The van der Waals surface area contributed by atoms with Gasteiger partial charge in [-0.1, -0.05) is 6.92 Å². The lowest BCUT2D eigenvalue weighted by Gasteiger charge is -2.18. The average molecular weight is 226 g/mol. The van der Waals surface area contributed by atoms with Gasteiger partial charge in [-0.05, 0) is 18.6 Å². The van der Waals surface area contributed by atoms with Crippen molar-refractivity contribution in [2.75, 3.05) is 21.3 Å². The highest BCUT2D eigenvalue weighted by molar-refractivity contribution is 5.56. The zero-order valence-electron chi connectivity index (χ0n) is 10.1. The van der Waals surface area contributed by atoms with E-state index in [-0.39, 0.29) is 0 Å². The number of aliphatic hydroxyl groups is 1. The molecule has 0 spiro atoms. The summed E-state index contributed by atoms with van der Waals surface area (Å²) in [5, 5.41) is 9.85. The molecule has 0 heterocycles. The Bertz CT molecular complexity index is 349. The third-order valence-corrected chi connectivity index (χ3v) is 2.48.